The first-order chi connectivity index (χ1) is 5.81. The normalized spacial score (nSPS) is 22.0. The maximum Gasteiger partial charge on any atom is 0.125 e. The van der Waals surface area contributed by atoms with E-state index in [1.807, 2.05) is 13.2 Å². The van der Waals surface area contributed by atoms with Gasteiger partial charge in [-0.05, 0) is 12.3 Å². The van der Waals surface area contributed by atoms with E-state index in [4.69, 9.17) is 0 Å². The van der Waals surface area contributed by atoms with Crippen LogP contribution in [0.15, 0.2) is 6.20 Å². The number of hydrogen-bond acceptors (Lipinski definition) is 2. The third-order valence-electron chi connectivity index (χ3n) is 2.57. The zero-order valence-corrected chi connectivity index (χ0v) is 7.67. The highest BCUT2D eigenvalue weighted by Gasteiger charge is 2.17. The molecule has 2 heterocycles. The first-order valence-electron chi connectivity index (χ1n) is 4.53. The first-order valence-corrected chi connectivity index (χ1v) is 4.53. The molecule has 0 spiro atoms. The van der Waals surface area contributed by atoms with Crippen LogP contribution in [0.5, 0.6) is 0 Å². The van der Waals surface area contributed by atoms with Crippen LogP contribution in [-0.4, -0.2) is 16.6 Å². The molecule has 1 atom stereocenters. The van der Waals surface area contributed by atoms with Crippen LogP contribution in [0.3, 0.4) is 0 Å². The average Bonchev–Trinajstić information content (AvgIpc) is 2.46. The van der Waals surface area contributed by atoms with Crippen molar-refractivity contribution < 1.29 is 0 Å². The molecule has 3 heteroatoms. The fraction of sp³-hybridized carbons (Fsp3) is 0.667. The highest BCUT2D eigenvalue weighted by atomic mass is 15.2. The van der Waals surface area contributed by atoms with Gasteiger partial charge in [0.2, 0.25) is 0 Å². The Balaban J connectivity index is 2.32. The van der Waals surface area contributed by atoms with Gasteiger partial charge in [0.15, 0.2) is 0 Å². The monoisotopic (exact) mass is 165 g/mol. The topological polar surface area (TPSA) is 29.9 Å². The van der Waals surface area contributed by atoms with E-state index < -0.39 is 0 Å². The molecule has 1 N–H and O–H groups in total. The van der Waals surface area contributed by atoms with E-state index in [0.717, 1.165) is 24.7 Å². The van der Waals surface area contributed by atoms with E-state index in [1.165, 1.54) is 12.2 Å². The Bertz CT molecular complexity index is 277. The van der Waals surface area contributed by atoms with Crippen molar-refractivity contribution in [1.82, 2.24) is 9.55 Å². The predicted octanol–water partition coefficient (Wildman–Crippen LogP) is 1.51. The Labute approximate surface area is 72.8 Å². The SMILES string of the molecule is CNc1cnc2n1CC[C@@H](C)C2. The predicted molar refractivity (Wildman–Crippen MR) is 49.3 cm³/mol. The van der Waals surface area contributed by atoms with Gasteiger partial charge in [-0.15, -0.1) is 0 Å². The summed E-state index contributed by atoms with van der Waals surface area (Å²) in [4.78, 5) is 4.38. The van der Waals surface area contributed by atoms with Crippen molar-refractivity contribution in [2.24, 2.45) is 5.92 Å². The van der Waals surface area contributed by atoms with E-state index >= 15 is 0 Å². The number of anilines is 1. The summed E-state index contributed by atoms with van der Waals surface area (Å²) in [5, 5.41) is 3.15. The minimum atomic E-state index is 0.796. The molecule has 0 saturated carbocycles. The zero-order chi connectivity index (χ0) is 8.55. The Morgan fingerprint density at radius 1 is 1.67 bits per heavy atom. The van der Waals surface area contributed by atoms with Crippen LogP contribution in [0, 0.1) is 5.92 Å². The van der Waals surface area contributed by atoms with Crippen LogP contribution in [0.2, 0.25) is 0 Å². The van der Waals surface area contributed by atoms with Crippen molar-refractivity contribution in [3.05, 3.63) is 12.0 Å². The quantitative estimate of drug-likeness (QED) is 0.683. The second-order valence-electron chi connectivity index (χ2n) is 3.56. The summed E-state index contributed by atoms with van der Waals surface area (Å²) in [6.07, 6.45) is 4.33. The van der Waals surface area contributed by atoms with Gasteiger partial charge in [0.25, 0.3) is 0 Å². The van der Waals surface area contributed by atoms with Gasteiger partial charge in [0.05, 0.1) is 6.20 Å². The number of imidazole rings is 1. The molecule has 0 saturated heterocycles. The molecular formula is C9H15N3. The van der Waals surface area contributed by atoms with E-state index in [1.54, 1.807) is 0 Å². The summed E-state index contributed by atoms with van der Waals surface area (Å²) in [6.45, 7) is 3.41. The Kier molecular flexibility index (Phi) is 1.79. The molecule has 0 fully saturated rings. The molecule has 1 aliphatic rings. The van der Waals surface area contributed by atoms with E-state index in [0.29, 0.717) is 0 Å². The number of fused-ring (bicyclic) bond motifs is 1. The van der Waals surface area contributed by atoms with E-state index in [9.17, 15) is 0 Å². The summed E-state index contributed by atoms with van der Waals surface area (Å²) < 4.78 is 2.28. The Morgan fingerprint density at radius 2 is 2.50 bits per heavy atom. The van der Waals surface area contributed by atoms with Gasteiger partial charge in [-0.3, -0.25) is 0 Å². The summed E-state index contributed by atoms with van der Waals surface area (Å²) in [6, 6.07) is 0. The molecule has 66 valence electrons. The molecule has 0 unspecified atom stereocenters. The number of nitrogens with one attached hydrogen (secondary N) is 1. The molecular weight excluding hydrogens is 150 g/mol. The highest BCUT2D eigenvalue weighted by molar-refractivity contribution is 5.34. The van der Waals surface area contributed by atoms with Crippen LogP contribution in [0.25, 0.3) is 0 Å². The zero-order valence-electron chi connectivity index (χ0n) is 7.67. The lowest BCUT2D eigenvalue weighted by atomic mass is 10.0. The van der Waals surface area contributed by atoms with Crippen molar-refractivity contribution in [3.63, 3.8) is 0 Å². The van der Waals surface area contributed by atoms with E-state index in [2.05, 4.69) is 21.8 Å². The number of hydrogen-bond donors (Lipinski definition) is 1. The second-order valence-corrected chi connectivity index (χ2v) is 3.56. The molecule has 2 rings (SSSR count). The third kappa shape index (κ3) is 1.09. The molecule has 0 radical (unpaired) electrons. The summed E-state index contributed by atoms with van der Waals surface area (Å²) >= 11 is 0. The molecule has 1 aromatic rings. The van der Waals surface area contributed by atoms with Crippen molar-refractivity contribution in [2.75, 3.05) is 12.4 Å². The second kappa shape index (κ2) is 2.81. The van der Waals surface area contributed by atoms with Crippen LogP contribution < -0.4 is 5.32 Å². The summed E-state index contributed by atoms with van der Waals surface area (Å²) in [5.74, 6) is 3.18. The van der Waals surface area contributed by atoms with Crippen molar-refractivity contribution in [1.29, 1.82) is 0 Å². The van der Waals surface area contributed by atoms with Gasteiger partial charge in [-0.25, -0.2) is 4.98 Å². The summed E-state index contributed by atoms with van der Waals surface area (Å²) in [7, 11) is 1.95. The van der Waals surface area contributed by atoms with Gasteiger partial charge in [0, 0.05) is 20.0 Å². The molecule has 0 bridgehead atoms. The lowest BCUT2D eigenvalue weighted by Gasteiger charge is -2.21. The van der Waals surface area contributed by atoms with Crippen LogP contribution >= 0.6 is 0 Å². The Hall–Kier alpha value is -0.990. The Morgan fingerprint density at radius 3 is 3.25 bits per heavy atom. The minimum Gasteiger partial charge on any atom is -0.373 e. The van der Waals surface area contributed by atoms with Crippen molar-refractivity contribution in [3.8, 4) is 0 Å². The molecule has 0 amide bonds. The van der Waals surface area contributed by atoms with Gasteiger partial charge in [-0.2, -0.15) is 0 Å². The molecule has 1 aromatic heterocycles. The number of aromatic nitrogens is 2. The van der Waals surface area contributed by atoms with Crippen LogP contribution in [-0.2, 0) is 13.0 Å². The fourth-order valence-electron chi connectivity index (χ4n) is 1.79. The average molecular weight is 165 g/mol. The largest absolute Gasteiger partial charge is 0.373 e. The number of rotatable bonds is 1. The summed E-state index contributed by atoms with van der Waals surface area (Å²) in [5.41, 5.74) is 0. The van der Waals surface area contributed by atoms with Gasteiger partial charge >= 0.3 is 0 Å². The smallest absolute Gasteiger partial charge is 0.125 e. The van der Waals surface area contributed by atoms with Gasteiger partial charge in [-0.1, -0.05) is 6.92 Å². The van der Waals surface area contributed by atoms with Crippen molar-refractivity contribution >= 4 is 5.82 Å². The molecule has 0 aromatic carbocycles. The minimum absolute atomic E-state index is 0.796. The highest BCUT2D eigenvalue weighted by Crippen LogP contribution is 2.22. The van der Waals surface area contributed by atoms with Gasteiger partial charge < -0.3 is 9.88 Å². The van der Waals surface area contributed by atoms with Crippen molar-refractivity contribution in [2.45, 2.75) is 26.3 Å². The molecule has 1 aliphatic heterocycles. The number of nitrogens with zero attached hydrogens (tertiary/aromatic N) is 2. The lowest BCUT2D eigenvalue weighted by molar-refractivity contribution is 0.412. The molecule has 3 nitrogen and oxygen atoms in total. The lowest BCUT2D eigenvalue weighted by Crippen LogP contribution is -2.18. The van der Waals surface area contributed by atoms with Crippen LogP contribution in [0.4, 0.5) is 5.82 Å². The first kappa shape index (κ1) is 7.65. The van der Waals surface area contributed by atoms with Crippen LogP contribution in [0.1, 0.15) is 19.2 Å². The molecule has 0 aliphatic carbocycles. The third-order valence-corrected chi connectivity index (χ3v) is 2.57. The fourth-order valence-corrected chi connectivity index (χ4v) is 1.79. The standard InChI is InChI=1S/C9H15N3/c1-7-3-4-12-8(5-7)11-6-9(12)10-2/h6-7,10H,3-5H2,1-2H3/t7-/m1/s1. The maximum absolute atomic E-state index is 4.38. The molecule has 12 heavy (non-hydrogen) atoms. The van der Waals surface area contributed by atoms with E-state index in [-0.39, 0.29) is 0 Å². The van der Waals surface area contributed by atoms with Gasteiger partial charge in [0.1, 0.15) is 11.6 Å². The maximum atomic E-state index is 4.38.